The number of hydrogen-bond donors (Lipinski definition) is 0. The zero-order valence-electron chi connectivity index (χ0n) is 12.3. The van der Waals surface area contributed by atoms with Crippen molar-refractivity contribution in [1.82, 2.24) is 0 Å². The number of methoxy groups -OCH3 is 1. The van der Waals surface area contributed by atoms with Gasteiger partial charge in [0.1, 0.15) is 5.75 Å². The van der Waals surface area contributed by atoms with Gasteiger partial charge in [0.15, 0.2) is 5.78 Å². The van der Waals surface area contributed by atoms with Crippen molar-refractivity contribution >= 4 is 29.3 Å². The average molecular weight is 310 g/mol. The molecule has 0 bridgehead atoms. The molecule has 1 heterocycles. The fourth-order valence-corrected chi connectivity index (χ4v) is 5.57. The van der Waals surface area contributed by atoms with E-state index in [-0.39, 0.29) is 5.25 Å². The first-order valence-electron chi connectivity index (χ1n) is 7.05. The molecule has 2 nitrogen and oxygen atoms in total. The molecule has 1 aromatic carbocycles. The van der Waals surface area contributed by atoms with Crippen LogP contribution in [0.4, 0.5) is 0 Å². The summed E-state index contributed by atoms with van der Waals surface area (Å²) in [6, 6.07) is 6.04. The molecule has 1 aromatic rings. The van der Waals surface area contributed by atoms with Crippen LogP contribution in [0.2, 0.25) is 0 Å². The maximum Gasteiger partial charge on any atom is 0.151 e. The predicted octanol–water partition coefficient (Wildman–Crippen LogP) is 3.74. The van der Waals surface area contributed by atoms with Gasteiger partial charge >= 0.3 is 0 Å². The molecule has 2 atom stereocenters. The highest BCUT2D eigenvalue weighted by atomic mass is 32.2. The zero-order valence-corrected chi connectivity index (χ0v) is 14.0. The summed E-state index contributed by atoms with van der Waals surface area (Å²) < 4.78 is 5.38. The van der Waals surface area contributed by atoms with E-state index in [0.717, 1.165) is 23.5 Å². The third kappa shape index (κ3) is 3.73. The second kappa shape index (κ2) is 7.41. The van der Waals surface area contributed by atoms with Crippen LogP contribution in [0.5, 0.6) is 5.75 Å². The van der Waals surface area contributed by atoms with Gasteiger partial charge in [-0.05, 0) is 19.4 Å². The van der Waals surface area contributed by atoms with E-state index in [2.05, 4.69) is 13.0 Å². The van der Waals surface area contributed by atoms with Gasteiger partial charge in [-0.3, -0.25) is 4.79 Å². The van der Waals surface area contributed by atoms with Gasteiger partial charge in [-0.1, -0.05) is 24.6 Å². The Hall–Kier alpha value is -0.610. The summed E-state index contributed by atoms with van der Waals surface area (Å²) in [7, 11) is 1.67. The van der Waals surface area contributed by atoms with E-state index in [9.17, 15) is 4.79 Å². The maximum atomic E-state index is 12.6. The van der Waals surface area contributed by atoms with Crippen LogP contribution in [0.1, 0.15) is 24.5 Å². The summed E-state index contributed by atoms with van der Waals surface area (Å²) in [6.07, 6.45) is 1.55. The number of ether oxygens (including phenoxy) is 1. The number of thioether (sulfide) groups is 2. The summed E-state index contributed by atoms with van der Waals surface area (Å²) in [4.78, 5) is 12.6. The van der Waals surface area contributed by atoms with Gasteiger partial charge < -0.3 is 4.74 Å². The highest BCUT2D eigenvalue weighted by Gasteiger charge is 2.31. The summed E-state index contributed by atoms with van der Waals surface area (Å²) in [6.45, 7) is 4.23. The summed E-state index contributed by atoms with van der Waals surface area (Å²) >= 11 is 3.78. The number of aryl methyl sites for hydroxylation is 1. The molecule has 2 rings (SSSR count). The third-order valence-corrected chi connectivity index (χ3v) is 6.87. The van der Waals surface area contributed by atoms with Gasteiger partial charge in [0, 0.05) is 28.7 Å². The van der Waals surface area contributed by atoms with Crippen LogP contribution in [-0.4, -0.2) is 34.9 Å². The number of carbonyl (C=O) groups excluding carboxylic acids is 1. The topological polar surface area (TPSA) is 26.3 Å². The van der Waals surface area contributed by atoms with E-state index in [1.54, 1.807) is 7.11 Å². The van der Waals surface area contributed by atoms with Crippen molar-refractivity contribution in [3.8, 4) is 5.75 Å². The minimum absolute atomic E-state index is 0.143. The lowest BCUT2D eigenvalue weighted by Crippen LogP contribution is -2.33. The van der Waals surface area contributed by atoms with Gasteiger partial charge in [0.05, 0.1) is 12.4 Å². The van der Waals surface area contributed by atoms with Crippen molar-refractivity contribution in [3.05, 3.63) is 29.3 Å². The Balaban J connectivity index is 2.12. The van der Waals surface area contributed by atoms with Crippen LogP contribution >= 0.6 is 23.5 Å². The number of benzene rings is 1. The second-order valence-corrected chi connectivity index (χ2v) is 7.66. The molecule has 0 radical (unpaired) electrons. The Kier molecular flexibility index (Phi) is 5.85. The number of hydrogen-bond acceptors (Lipinski definition) is 4. The average Bonchev–Trinajstić information content (AvgIpc) is 2.47. The quantitative estimate of drug-likeness (QED) is 0.827. The maximum absolute atomic E-state index is 12.6. The Bertz CT molecular complexity index is 474. The third-order valence-electron chi connectivity index (χ3n) is 3.57. The molecule has 4 heteroatoms. The molecule has 0 amide bonds. The monoisotopic (exact) mass is 310 g/mol. The van der Waals surface area contributed by atoms with Gasteiger partial charge in [-0.2, -0.15) is 11.8 Å². The molecule has 0 saturated carbocycles. The van der Waals surface area contributed by atoms with Crippen molar-refractivity contribution in [1.29, 1.82) is 0 Å². The first kappa shape index (κ1) is 15.8. The highest BCUT2D eigenvalue weighted by Crippen LogP contribution is 2.35. The zero-order chi connectivity index (χ0) is 14.5. The lowest BCUT2D eigenvalue weighted by molar-refractivity contribution is -0.118. The lowest BCUT2D eigenvalue weighted by Gasteiger charge is -2.29. The van der Waals surface area contributed by atoms with Crippen LogP contribution < -0.4 is 4.74 Å². The Morgan fingerprint density at radius 1 is 1.35 bits per heavy atom. The minimum Gasteiger partial charge on any atom is -0.496 e. The van der Waals surface area contributed by atoms with Gasteiger partial charge in [0.25, 0.3) is 0 Å². The molecule has 110 valence electrons. The Labute approximate surface area is 130 Å². The molecule has 1 fully saturated rings. The standard InChI is InChI=1S/C16H22O2S2/c1-4-15-16(20-8-7-19-15)13(17)10-12-9-11(2)5-6-14(12)18-3/h5-6,9,15-16H,4,7-8,10H2,1-3H3. The van der Waals surface area contributed by atoms with Crippen LogP contribution in [0.25, 0.3) is 0 Å². The molecule has 20 heavy (non-hydrogen) atoms. The number of rotatable bonds is 5. The summed E-state index contributed by atoms with van der Waals surface area (Å²) in [5.41, 5.74) is 2.19. The predicted molar refractivity (Wildman–Crippen MR) is 89.2 cm³/mol. The molecule has 0 aromatic heterocycles. The second-order valence-electron chi connectivity index (χ2n) is 5.07. The van der Waals surface area contributed by atoms with Crippen LogP contribution in [0.15, 0.2) is 18.2 Å². The van der Waals surface area contributed by atoms with Crippen molar-refractivity contribution in [2.75, 3.05) is 18.6 Å². The molecule has 0 aliphatic carbocycles. The van der Waals surface area contributed by atoms with Crippen LogP contribution in [0.3, 0.4) is 0 Å². The van der Waals surface area contributed by atoms with Gasteiger partial charge in [-0.25, -0.2) is 0 Å². The van der Waals surface area contributed by atoms with Crippen molar-refractivity contribution in [2.24, 2.45) is 0 Å². The summed E-state index contributed by atoms with van der Waals surface area (Å²) in [5.74, 6) is 3.42. The van der Waals surface area contributed by atoms with E-state index in [1.807, 2.05) is 42.6 Å². The fraction of sp³-hybridized carbons (Fsp3) is 0.562. The summed E-state index contributed by atoms with van der Waals surface area (Å²) in [5, 5.41) is 0.612. The molecule has 0 N–H and O–H groups in total. The molecular weight excluding hydrogens is 288 g/mol. The van der Waals surface area contributed by atoms with E-state index in [0.29, 0.717) is 17.5 Å². The lowest BCUT2D eigenvalue weighted by atomic mass is 10.0. The number of carbonyl (C=O) groups is 1. The molecule has 0 spiro atoms. The van der Waals surface area contributed by atoms with Gasteiger partial charge in [0.2, 0.25) is 0 Å². The van der Waals surface area contributed by atoms with E-state index in [4.69, 9.17) is 4.74 Å². The van der Waals surface area contributed by atoms with Crippen LogP contribution in [0, 0.1) is 6.92 Å². The van der Waals surface area contributed by atoms with E-state index in [1.165, 1.54) is 11.3 Å². The first-order valence-corrected chi connectivity index (χ1v) is 9.15. The number of Topliss-reactive ketones (excluding diaryl/α,β-unsaturated/α-hetero) is 1. The van der Waals surface area contributed by atoms with Gasteiger partial charge in [-0.15, -0.1) is 11.8 Å². The van der Waals surface area contributed by atoms with Crippen molar-refractivity contribution in [2.45, 2.75) is 37.2 Å². The first-order chi connectivity index (χ1) is 9.65. The largest absolute Gasteiger partial charge is 0.496 e. The Morgan fingerprint density at radius 3 is 2.80 bits per heavy atom. The molecule has 2 unspecified atom stereocenters. The SMILES string of the molecule is CCC1SCCSC1C(=O)Cc1cc(C)ccc1OC. The van der Waals surface area contributed by atoms with Crippen molar-refractivity contribution in [3.63, 3.8) is 0 Å². The molecular formula is C16H22O2S2. The fourth-order valence-electron chi connectivity index (χ4n) is 2.54. The van der Waals surface area contributed by atoms with Crippen LogP contribution in [-0.2, 0) is 11.2 Å². The molecule has 1 aliphatic heterocycles. The molecule has 1 saturated heterocycles. The van der Waals surface area contributed by atoms with Crippen molar-refractivity contribution < 1.29 is 9.53 Å². The minimum atomic E-state index is 0.143. The highest BCUT2D eigenvalue weighted by molar-refractivity contribution is 8.07. The number of ketones is 1. The normalized spacial score (nSPS) is 22.6. The Morgan fingerprint density at radius 2 is 2.10 bits per heavy atom. The van der Waals surface area contributed by atoms with E-state index >= 15 is 0 Å². The van der Waals surface area contributed by atoms with E-state index < -0.39 is 0 Å². The molecule has 1 aliphatic rings. The smallest absolute Gasteiger partial charge is 0.151 e.